The van der Waals surface area contributed by atoms with Gasteiger partial charge in [0, 0.05) is 5.56 Å². The van der Waals surface area contributed by atoms with Gasteiger partial charge in [-0.2, -0.15) is 0 Å². The zero-order chi connectivity index (χ0) is 8.10. The molecule has 2 nitrogen and oxygen atoms in total. The van der Waals surface area contributed by atoms with E-state index < -0.39 is 0 Å². The van der Waals surface area contributed by atoms with Gasteiger partial charge in [-0.1, -0.05) is 42.3 Å². The lowest BCUT2D eigenvalue weighted by Crippen LogP contribution is -2.03. The van der Waals surface area contributed by atoms with E-state index >= 15 is 0 Å². The normalized spacial score (nSPS) is 9.55. The Morgan fingerprint density at radius 2 is 2.00 bits per heavy atom. The first-order chi connectivity index (χ1) is 5.34. The molecule has 0 saturated carbocycles. The van der Waals surface area contributed by atoms with Crippen molar-refractivity contribution in [1.29, 1.82) is 0 Å². The van der Waals surface area contributed by atoms with Crippen LogP contribution in [0.15, 0.2) is 30.3 Å². The van der Waals surface area contributed by atoms with E-state index in [0.717, 1.165) is 17.5 Å². The topological polar surface area (TPSA) is 43.1 Å². The summed E-state index contributed by atoms with van der Waals surface area (Å²) >= 11 is 1.06. The molecular formula is C8H9NOS. The second kappa shape index (κ2) is 4.16. The van der Waals surface area contributed by atoms with E-state index in [9.17, 15) is 4.79 Å². The zero-order valence-corrected chi connectivity index (χ0v) is 6.80. The molecule has 3 heteroatoms. The molecule has 11 heavy (non-hydrogen) atoms. The van der Waals surface area contributed by atoms with Crippen molar-refractivity contribution in [2.75, 3.05) is 5.75 Å². The minimum atomic E-state index is 0.0816. The van der Waals surface area contributed by atoms with Crippen LogP contribution in [0.1, 0.15) is 10.4 Å². The molecule has 1 rings (SSSR count). The number of ketones is 1. The van der Waals surface area contributed by atoms with Crippen LogP contribution in [0.5, 0.6) is 0 Å². The lowest BCUT2D eigenvalue weighted by Gasteiger charge is -1.95. The van der Waals surface area contributed by atoms with E-state index in [-0.39, 0.29) is 5.78 Å². The molecule has 0 unspecified atom stereocenters. The van der Waals surface area contributed by atoms with Gasteiger partial charge in [0.1, 0.15) is 0 Å². The Balaban J connectivity index is 2.69. The quantitative estimate of drug-likeness (QED) is 0.547. The molecule has 0 aliphatic carbocycles. The first-order valence-corrected chi connectivity index (χ1v) is 4.29. The van der Waals surface area contributed by atoms with Crippen molar-refractivity contribution in [3.8, 4) is 0 Å². The number of hydrogen-bond donors (Lipinski definition) is 1. The minimum Gasteiger partial charge on any atom is -0.293 e. The van der Waals surface area contributed by atoms with Gasteiger partial charge < -0.3 is 0 Å². The van der Waals surface area contributed by atoms with Gasteiger partial charge >= 0.3 is 0 Å². The van der Waals surface area contributed by atoms with Crippen LogP contribution in [0.25, 0.3) is 0 Å². The molecule has 0 aliphatic rings. The largest absolute Gasteiger partial charge is 0.293 e. The Kier molecular flexibility index (Phi) is 3.14. The van der Waals surface area contributed by atoms with Crippen LogP contribution in [-0.4, -0.2) is 11.5 Å². The molecule has 0 aromatic heterocycles. The van der Waals surface area contributed by atoms with Crippen molar-refractivity contribution in [3.63, 3.8) is 0 Å². The van der Waals surface area contributed by atoms with E-state index in [1.807, 2.05) is 18.2 Å². The summed E-state index contributed by atoms with van der Waals surface area (Å²) in [6, 6.07) is 9.15. The Labute approximate surface area is 69.9 Å². The van der Waals surface area contributed by atoms with Gasteiger partial charge in [0.05, 0.1) is 5.75 Å². The van der Waals surface area contributed by atoms with Gasteiger partial charge in [0.2, 0.25) is 0 Å². The third-order valence-corrected chi connectivity index (χ3v) is 1.74. The summed E-state index contributed by atoms with van der Waals surface area (Å²) in [4.78, 5) is 11.1. The first kappa shape index (κ1) is 8.30. The van der Waals surface area contributed by atoms with Crippen molar-refractivity contribution >= 4 is 17.7 Å². The molecule has 0 fully saturated rings. The molecule has 2 N–H and O–H groups in total. The van der Waals surface area contributed by atoms with Crippen LogP contribution in [0.3, 0.4) is 0 Å². The predicted molar refractivity (Wildman–Crippen MR) is 47.4 cm³/mol. The smallest absolute Gasteiger partial charge is 0.174 e. The van der Waals surface area contributed by atoms with Crippen molar-refractivity contribution < 1.29 is 4.79 Å². The average Bonchev–Trinajstić information content (AvgIpc) is 2.07. The molecule has 0 amide bonds. The van der Waals surface area contributed by atoms with Crippen LogP contribution >= 0.6 is 11.9 Å². The highest BCUT2D eigenvalue weighted by Gasteiger charge is 2.01. The minimum absolute atomic E-state index is 0.0816. The molecule has 0 heterocycles. The van der Waals surface area contributed by atoms with Crippen molar-refractivity contribution in [2.24, 2.45) is 5.14 Å². The van der Waals surface area contributed by atoms with Crippen molar-refractivity contribution in [3.05, 3.63) is 35.9 Å². The van der Waals surface area contributed by atoms with Gasteiger partial charge in [0.15, 0.2) is 5.78 Å². The molecule has 0 saturated heterocycles. The highest BCUT2D eigenvalue weighted by atomic mass is 32.2. The highest BCUT2D eigenvalue weighted by Crippen LogP contribution is 2.02. The maximum atomic E-state index is 11.1. The van der Waals surface area contributed by atoms with E-state index in [4.69, 9.17) is 5.14 Å². The number of carbonyl (C=O) groups excluding carboxylic acids is 1. The Hall–Kier alpha value is -0.800. The Bertz CT molecular complexity index is 235. The monoisotopic (exact) mass is 167 g/mol. The lowest BCUT2D eigenvalue weighted by atomic mass is 10.2. The summed E-state index contributed by atoms with van der Waals surface area (Å²) < 4.78 is 0. The van der Waals surface area contributed by atoms with Gasteiger partial charge in [-0.3, -0.25) is 9.93 Å². The third kappa shape index (κ3) is 2.37. The van der Waals surface area contributed by atoms with E-state index in [1.165, 1.54) is 0 Å². The van der Waals surface area contributed by atoms with Crippen LogP contribution in [0.4, 0.5) is 0 Å². The Morgan fingerprint density at radius 3 is 2.55 bits per heavy atom. The summed E-state index contributed by atoms with van der Waals surface area (Å²) in [6.07, 6.45) is 0. The lowest BCUT2D eigenvalue weighted by molar-refractivity contribution is 0.102. The number of hydrogen-bond acceptors (Lipinski definition) is 3. The molecule has 58 valence electrons. The molecule has 0 spiro atoms. The molecular weight excluding hydrogens is 158 g/mol. The fourth-order valence-electron chi connectivity index (χ4n) is 0.783. The van der Waals surface area contributed by atoms with Gasteiger partial charge in [0.25, 0.3) is 0 Å². The SMILES string of the molecule is NSCC(=O)c1ccccc1. The summed E-state index contributed by atoms with van der Waals surface area (Å²) in [5.74, 6) is 0.433. The van der Waals surface area contributed by atoms with Gasteiger partial charge in [-0.15, -0.1) is 0 Å². The first-order valence-electron chi connectivity index (χ1n) is 3.24. The summed E-state index contributed by atoms with van der Waals surface area (Å²) in [6.45, 7) is 0. The maximum Gasteiger partial charge on any atom is 0.174 e. The number of carbonyl (C=O) groups is 1. The second-order valence-electron chi connectivity index (χ2n) is 2.10. The van der Waals surface area contributed by atoms with Crippen LogP contribution in [-0.2, 0) is 0 Å². The number of benzene rings is 1. The van der Waals surface area contributed by atoms with Crippen LogP contribution in [0.2, 0.25) is 0 Å². The molecule has 1 aromatic rings. The molecule has 0 bridgehead atoms. The fourth-order valence-corrected chi connectivity index (χ4v) is 1.10. The van der Waals surface area contributed by atoms with Gasteiger partial charge in [-0.05, 0) is 0 Å². The standard InChI is InChI=1S/C8H9NOS/c9-11-6-8(10)7-4-2-1-3-5-7/h1-5H,6,9H2. The number of Topliss-reactive ketones (excluding diaryl/α,β-unsaturated/α-hetero) is 1. The molecule has 0 radical (unpaired) electrons. The van der Waals surface area contributed by atoms with E-state index in [2.05, 4.69) is 0 Å². The zero-order valence-electron chi connectivity index (χ0n) is 5.99. The number of rotatable bonds is 3. The molecule has 0 aliphatic heterocycles. The van der Waals surface area contributed by atoms with E-state index in [1.54, 1.807) is 12.1 Å². The van der Waals surface area contributed by atoms with Gasteiger partial charge in [-0.25, -0.2) is 0 Å². The van der Waals surface area contributed by atoms with Crippen LogP contribution < -0.4 is 5.14 Å². The summed E-state index contributed by atoms with van der Waals surface area (Å²) in [7, 11) is 0. The maximum absolute atomic E-state index is 11.1. The summed E-state index contributed by atoms with van der Waals surface area (Å²) in [5.41, 5.74) is 0.727. The van der Waals surface area contributed by atoms with E-state index in [0.29, 0.717) is 5.75 Å². The Morgan fingerprint density at radius 1 is 1.36 bits per heavy atom. The average molecular weight is 167 g/mol. The van der Waals surface area contributed by atoms with Crippen molar-refractivity contribution in [1.82, 2.24) is 0 Å². The summed E-state index contributed by atoms with van der Waals surface area (Å²) in [5, 5.41) is 5.16. The third-order valence-electron chi connectivity index (χ3n) is 1.31. The molecule has 1 aromatic carbocycles. The predicted octanol–water partition coefficient (Wildman–Crippen LogP) is 1.48. The van der Waals surface area contributed by atoms with Crippen LogP contribution in [0, 0.1) is 0 Å². The highest BCUT2D eigenvalue weighted by molar-refractivity contribution is 7.97. The molecule has 0 atom stereocenters. The second-order valence-corrected chi connectivity index (χ2v) is 2.72. The van der Waals surface area contributed by atoms with Crippen molar-refractivity contribution in [2.45, 2.75) is 0 Å². The fraction of sp³-hybridized carbons (Fsp3) is 0.125. The number of nitrogens with two attached hydrogens (primary N) is 1.